The average molecular weight is 1440 g/mol. The molecule has 5 heterocycles. The van der Waals surface area contributed by atoms with Gasteiger partial charge in [-0.15, -0.1) is 0 Å². The van der Waals surface area contributed by atoms with Crippen LogP contribution in [0.1, 0.15) is 142 Å². The van der Waals surface area contributed by atoms with Crippen LogP contribution in [0.3, 0.4) is 0 Å². The topological polar surface area (TPSA) is 388 Å². The summed E-state index contributed by atoms with van der Waals surface area (Å²) in [6.45, 7) is 3.07. The Hall–Kier alpha value is -11.3. The number of ether oxygens (including phenoxy) is 7. The number of hydrogen-bond acceptors (Lipinski definition) is 23. The lowest BCUT2D eigenvalue weighted by atomic mass is 9.91. The van der Waals surface area contributed by atoms with Crippen LogP contribution >= 0.6 is 0 Å². The predicted octanol–water partition coefficient (Wildman–Crippen LogP) is 4.92. The fraction of sp³-hybridized carbons (Fsp3) is 0.408. The van der Waals surface area contributed by atoms with Gasteiger partial charge in [0.2, 0.25) is 35.3 Å². The number of fused-ring (bicyclic) bond motifs is 2. The van der Waals surface area contributed by atoms with Gasteiger partial charge in [0.1, 0.15) is 35.9 Å². The van der Waals surface area contributed by atoms with E-state index in [0.29, 0.717) is 102 Å². The third-order valence-electron chi connectivity index (χ3n) is 17.2. The fourth-order valence-electron chi connectivity index (χ4n) is 12.3. The number of imide groups is 4. The van der Waals surface area contributed by atoms with Crippen LogP contribution in [0.25, 0.3) is 0 Å². The van der Waals surface area contributed by atoms with Crippen LogP contribution in [0.15, 0.2) is 91.0 Å². The van der Waals surface area contributed by atoms with E-state index in [1.807, 2.05) is 31.2 Å². The van der Waals surface area contributed by atoms with Crippen molar-refractivity contribution < 1.29 is 109 Å². The number of rotatable bonds is 26. The Labute approximate surface area is 590 Å². The molecular weight excluding hydrogens is 1360 g/mol. The molecule has 3 saturated heterocycles. The Morgan fingerprint density at radius 1 is 0.641 bits per heavy atom. The van der Waals surface area contributed by atoms with E-state index in [9.17, 15) is 65.9 Å². The number of amides is 10. The van der Waals surface area contributed by atoms with Crippen LogP contribution in [0.2, 0.25) is 0 Å². The number of likely N-dealkylation sites (tertiary alicyclic amines) is 1. The molecule has 3 fully saturated rings. The van der Waals surface area contributed by atoms with Gasteiger partial charge in [-0.3, -0.25) is 68.4 Å². The minimum absolute atomic E-state index is 0. The van der Waals surface area contributed by atoms with Crippen molar-refractivity contribution in [3.05, 3.63) is 130 Å². The van der Waals surface area contributed by atoms with Gasteiger partial charge in [0.25, 0.3) is 29.5 Å². The molecule has 29 nitrogen and oxygen atoms in total. The molecule has 0 radical (unpaired) electrons. The zero-order chi connectivity index (χ0) is 74.1. The first-order valence-corrected chi connectivity index (χ1v) is 32.5. The highest BCUT2D eigenvalue weighted by molar-refractivity contribution is 6.26. The SMILES string of the molecule is C.CC[C@H](C(=O)N1CCCCC1C(=O)O[C@H](CCc1ccc(OC)c(OC)c1)c1cccc(OCC(=O)NCCNc2cccc3c2C(=O)N(C2CCC(=O)NC2=O)C3=O)c1)c1cc(OC)c(OC)c(OC)c1.NCCNc1cccc2c1C(=O)N(C1CCC(=O)NC1=O)C2=O.O=C([O-])C(F)(F)F. The van der Waals surface area contributed by atoms with Gasteiger partial charge >= 0.3 is 12.1 Å². The normalized spacial score (nSPS) is 17.4. The van der Waals surface area contributed by atoms with E-state index >= 15 is 0 Å². The number of carboxylic acids is 1. The van der Waals surface area contributed by atoms with E-state index in [-0.39, 0.29) is 81.0 Å². The Kier molecular flexibility index (Phi) is 27.5. The van der Waals surface area contributed by atoms with E-state index in [1.165, 1.54) is 27.4 Å². The number of benzene rings is 5. The number of piperidine rings is 3. The summed E-state index contributed by atoms with van der Waals surface area (Å²) in [6, 6.07) is 22.8. The molecule has 0 saturated carbocycles. The molecule has 10 rings (SSSR count). The number of aryl methyl sites for hydroxylation is 1. The smallest absolute Gasteiger partial charge is 0.430 e. The molecule has 32 heteroatoms. The van der Waals surface area contributed by atoms with Crippen molar-refractivity contribution >= 4 is 82.4 Å². The van der Waals surface area contributed by atoms with Gasteiger partial charge in [0, 0.05) is 56.9 Å². The number of nitrogens with one attached hydrogen (secondary N) is 5. The summed E-state index contributed by atoms with van der Waals surface area (Å²) >= 11 is 0. The highest BCUT2D eigenvalue weighted by Gasteiger charge is 2.48. The van der Waals surface area contributed by atoms with Crippen molar-refractivity contribution in [2.45, 2.75) is 115 Å². The number of nitrogens with zero attached hydrogens (tertiary/aromatic N) is 3. The van der Waals surface area contributed by atoms with E-state index in [0.717, 1.165) is 28.2 Å². The van der Waals surface area contributed by atoms with Crippen LogP contribution < -0.4 is 65.8 Å². The molecule has 0 aliphatic carbocycles. The number of anilines is 2. The van der Waals surface area contributed by atoms with Crippen LogP contribution in [0.4, 0.5) is 24.5 Å². The van der Waals surface area contributed by atoms with Crippen LogP contribution in [-0.4, -0.2) is 185 Å². The maximum absolute atomic E-state index is 14.5. The summed E-state index contributed by atoms with van der Waals surface area (Å²) in [5.41, 5.74) is 9.24. The van der Waals surface area contributed by atoms with E-state index in [4.69, 9.17) is 48.8 Å². The molecule has 0 spiro atoms. The second-order valence-electron chi connectivity index (χ2n) is 23.6. The number of carbonyl (C=O) groups is 12. The minimum atomic E-state index is -5.19. The number of carbonyl (C=O) groups excluding carboxylic acids is 12. The zero-order valence-corrected chi connectivity index (χ0v) is 56.6. The maximum atomic E-state index is 14.5. The number of esters is 1. The largest absolute Gasteiger partial charge is 0.542 e. The molecule has 5 aliphatic heterocycles. The van der Waals surface area contributed by atoms with Crippen molar-refractivity contribution in [3.8, 4) is 34.5 Å². The molecule has 5 aliphatic rings. The number of alkyl halides is 3. The molecular formula is C71H81F3N9O20-. The molecule has 5 aromatic carbocycles. The third kappa shape index (κ3) is 18.6. The third-order valence-corrected chi connectivity index (χ3v) is 17.2. The Balaban J connectivity index is 0.000000394. The molecule has 3 unspecified atom stereocenters. The summed E-state index contributed by atoms with van der Waals surface area (Å²) in [4.78, 5) is 154. The Bertz CT molecular complexity index is 4010. The molecule has 0 bridgehead atoms. The van der Waals surface area contributed by atoms with Gasteiger partial charge in [0.05, 0.1) is 63.7 Å². The molecule has 0 aromatic heterocycles. The number of hydrogen-bond donors (Lipinski definition) is 6. The lowest BCUT2D eigenvalue weighted by Gasteiger charge is -2.37. The standard InChI is InChI=1S/C53H61N5O14.C15H16N4O4.C2HF3O2.CH4/c1-7-35(33-28-43(68-4)48(70-6)44(29-33)69-5)50(62)57-25-9-8-16-39(57)53(65)72-40(20-17-31-18-21-41(66-2)42(26-31)67-3)32-12-10-13-34(27-32)71-30-46(60)55-24-23-54-37-15-11-14-36-47(37)52(64)58(51(36)63)38-19-22-45(59)56-49(38)61;16-6-7-17-9-3-1-2-8-12(9)15(23)19(14(8)22)10-4-5-11(20)18-13(10)21;3-2(4,5)1(6)7;/h10-15,18,21,26-29,35,38-40,54H,7-9,16-17,19-20,22-25,30H2,1-6H3,(H,55,60)(H,56,59,61);1-3,10,17H,4-7,16H2,(H,18,20,21);(H,6,7);1H4/p-1/t35-,38?,39?,40+;;;/m0.../s1. The quantitative estimate of drug-likeness (QED) is 0.0243. The lowest BCUT2D eigenvalue weighted by Crippen LogP contribution is -2.54. The molecule has 5 atom stereocenters. The van der Waals surface area contributed by atoms with Gasteiger partial charge in [-0.05, 0) is 129 Å². The molecule has 552 valence electrons. The number of methoxy groups -OCH3 is 5. The Morgan fingerprint density at radius 3 is 1.69 bits per heavy atom. The molecule has 10 amide bonds. The van der Waals surface area contributed by atoms with Gasteiger partial charge < -0.3 is 69.6 Å². The van der Waals surface area contributed by atoms with Gasteiger partial charge in [-0.1, -0.05) is 44.7 Å². The highest BCUT2D eigenvalue weighted by Crippen LogP contribution is 2.42. The summed E-state index contributed by atoms with van der Waals surface area (Å²) in [7, 11) is 7.66. The lowest BCUT2D eigenvalue weighted by molar-refractivity contribution is -0.344. The summed E-state index contributed by atoms with van der Waals surface area (Å²) < 4.78 is 71.6. The monoisotopic (exact) mass is 1440 g/mol. The first-order chi connectivity index (χ1) is 48.8. The summed E-state index contributed by atoms with van der Waals surface area (Å²) in [6.07, 6.45) is -2.57. The average Bonchev–Trinajstić information content (AvgIpc) is 1.62. The number of carboxylic acid groups (broad SMARTS) is 1. The summed E-state index contributed by atoms with van der Waals surface area (Å²) in [5, 5.41) is 22.0. The zero-order valence-electron chi connectivity index (χ0n) is 56.6. The van der Waals surface area contributed by atoms with Crippen molar-refractivity contribution in [1.82, 2.24) is 30.7 Å². The predicted molar refractivity (Wildman–Crippen MR) is 360 cm³/mol. The Morgan fingerprint density at radius 2 is 1.18 bits per heavy atom. The number of nitrogens with two attached hydrogens (primary N) is 1. The van der Waals surface area contributed by atoms with Crippen LogP contribution in [0, 0.1) is 0 Å². The molecule has 103 heavy (non-hydrogen) atoms. The maximum Gasteiger partial charge on any atom is 0.430 e. The molecule has 5 aromatic rings. The van der Waals surface area contributed by atoms with Crippen molar-refractivity contribution in [3.63, 3.8) is 0 Å². The van der Waals surface area contributed by atoms with Crippen LogP contribution in [0.5, 0.6) is 34.5 Å². The highest BCUT2D eigenvalue weighted by atomic mass is 19.4. The first kappa shape index (κ1) is 79.0. The second-order valence-corrected chi connectivity index (χ2v) is 23.6. The van der Waals surface area contributed by atoms with Gasteiger partial charge in [-0.25, -0.2) is 4.79 Å². The molecule has 7 N–H and O–H groups in total. The van der Waals surface area contributed by atoms with E-state index in [2.05, 4.69) is 26.6 Å². The summed E-state index contributed by atoms with van der Waals surface area (Å²) in [5.74, 6) is -6.59. The number of halogens is 3. The minimum Gasteiger partial charge on any atom is -0.542 e. The van der Waals surface area contributed by atoms with Crippen molar-refractivity contribution in [2.24, 2.45) is 5.73 Å². The van der Waals surface area contributed by atoms with E-state index in [1.54, 1.807) is 79.8 Å². The first-order valence-electron chi connectivity index (χ1n) is 32.5. The van der Waals surface area contributed by atoms with E-state index < -0.39 is 101 Å². The van der Waals surface area contributed by atoms with Gasteiger partial charge in [0.15, 0.2) is 29.6 Å². The van der Waals surface area contributed by atoms with Crippen molar-refractivity contribution in [2.75, 3.05) is 85.5 Å². The van der Waals surface area contributed by atoms with Gasteiger partial charge in [-0.2, -0.15) is 13.2 Å². The number of aliphatic carboxylic acids is 1. The van der Waals surface area contributed by atoms with Crippen molar-refractivity contribution in [1.29, 1.82) is 0 Å². The second kappa shape index (κ2) is 35.8. The van der Waals surface area contributed by atoms with Crippen LogP contribution in [-0.2, 0) is 49.5 Å². The fourth-order valence-corrected chi connectivity index (χ4v) is 12.3.